The second kappa shape index (κ2) is 9.65. The summed E-state index contributed by atoms with van der Waals surface area (Å²) >= 11 is 5.86. The maximum Gasteiger partial charge on any atom is 0.251 e. The molecule has 2 amide bonds. The first-order valence-corrected chi connectivity index (χ1v) is 10.1. The standard InChI is InChI=1S/C21H22ClFN6O2/c1-4-12(2)19(25-20(30)14-5-7-15(22)8-6-14)21(31)24-18-11-16(9-10-17(18)23)29-13(3)26-27-28-29/h5-12,19H,4H2,1-3H3,(H,24,31)(H,25,30). The lowest BCUT2D eigenvalue weighted by Crippen LogP contribution is -2.47. The Labute approximate surface area is 183 Å². The lowest BCUT2D eigenvalue weighted by atomic mass is 9.97. The van der Waals surface area contributed by atoms with Gasteiger partial charge in [-0.15, -0.1) is 5.10 Å². The van der Waals surface area contributed by atoms with Gasteiger partial charge in [-0.25, -0.2) is 4.39 Å². The van der Waals surface area contributed by atoms with Crippen molar-refractivity contribution < 1.29 is 14.0 Å². The number of hydrogen-bond donors (Lipinski definition) is 2. The van der Waals surface area contributed by atoms with Crippen LogP contribution < -0.4 is 10.6 Å². The second-order valence-corrected chi connectivity index (χ2v) is 7.57. The van der Waals surface area contributed by atoms with Crippen molar-refractivity contribution in [2.45, 2.75) is 33.2 Å². The van der Waals surface area contributed by atoms with E-state index in [-0.39, 0.29) is 11.6 Å². The molecule has 0 aliphatic carbocycles. The summed E-state index contributed by atoms with van der Waals surface area (Å²) in [6.07, 6.45) is 0.630. The zero-order valence-electron chi connectivity index (χ0n) is 17.3. The Balaban J connectivity index is 1.81. The summed E-state index contributed by atoms with van der Waals surface area (Å²) in [6, 6.07) is 9.62. The van der Waals surface area contributed by atoms with Gasteiger partial charge in [-0.1, -0.05) is 31.9 Å². The molecule has 10 heteroatoms. The van der Waals surface area contributed by atoms with Crippen molar-refractivity contribution in [3.63, 3.8) is 0 Å². The lowest BCUT2D eigenvalue weighted by Gasteiger charge is -2.24. The van der Waals surface area contributed by atoms with E-state index in [0.717, 1.165) is 0 Å². The van der Waals surface area contributed by atoms with Gasteiger partial charge in [-0.3, -0.25) is 9.59 Å². The molecule has 3 aromatic rings. The van der Waals surface area contributed by atoms with Crippen LogP contribution in [-0.2, 0) is 4.79 Å². The number of anilines is 1. The van der Waals surface area contributed by atoms with Crippen LogP contribution in [0.25, 0.3) is 5.69 Å². The number of amides is 2. The number of aromatic nitrogens is 4. The Hall–Kier alpha value is -3.33. The molecule has 0 aliphatic rings. The predicted octanol–water partition coefficient (Wildman–Crippen LogP) is 3.55. The van der Waals surface area contributed by atoms with E-state index in [0.29, 0.717) is 28.5 Å². The van der Waals surface area contributed by atoms with E-state index in [9.17, 15) is 14.0 Å². The van der Waals surface area contributed by atoms with Crippen LogP contribution in [0.3, 0.4) is 0 Å². The van der Waals surface area contributed by atoms with Crippen molar-refractivity contribution in [3.05, 3.63) is 64.7 Å². The first-order chi connectivity index (χ1) is 14.8. The molecule has 1 heterocycles. The number of benzene rings is 2. The van der Waals surface area contributed by atoms with Gasteiger partial charge in [0.05, 0.1) is 11.4 Å². The summed E-state index contributed by atoms with van der Waals surface area (Å²) in [5.74, 6) is -1.24. The molecular formula is C21H22ClFN6O2. The fraction of sp³-hybridized carbons (Fsp3) is 0.286. The number of carbonyl (C=O) groups excluding carboxylic acids is 2. The number of nitrogens with zero attached hydrogens (tertiary/aromatic N) is 4. The van der Waals surface area contributed by atoms with E-state index in [1.54, 1.807) is 31.2 Å². The van der Waals surface area contributed by atoms with E-state index >= 15 is 0 Å². The summed E-state index contributed by atoms with van der Waals surface area (Å²) < 4.78 is 15.8. The quantitative estimate of drug-likeness (QED) is 0.580. The largest absolute Gasteiger partial charge is 0.340 e. The summed E-state index contributed by atoms with van der Waals surface area (Å²) in [5.41, 5.74) is 0.823. The normalized spacial score (nSPS) is 12.8. The highest BCUT2D eigenvalue weighted by Gasteiger charge is 2.27. The van der Waals surface area contributed by atoms with Crippen LogP contribution in [0.1, 0.15) is 36.5 Å². The molecule has 8 nitrogen and oxygen atoms in total. The molecule has 31 heavy (non-hydrogen) atoms. The molecule has 0 bridgehead atoms. The highest BCUT2D eigenvalue weighted by atomic mass is 35.5. The molecule has 2 atom stereocenters. The van der Waals surface area contributed by atoms with E-state index in [4.69, 9.17) is 11.6 Å². The van der Waals surface area contributed by atoms with Crippen molar-refractivity contribution in [2.75, 3.05) is 5.32 Å². The number of hydrogen-bond acceptors (Lipinski definition) is 5. The smallest absolute Gasteiger partial charge is 0.251 e. The van der Waals surface area contributed by atoms with Crippen molar-refractivity contribution in [1.29, 1.82) is 0 Å². The second-order valence-electron chi connectivity index (χ2n) is 7.13. The van der Waals surface area contributed by atoms with E-state index in [1.807, 2.05) is 13.8 Å². The zero-order valence-corrected chi connectivity index (χ0v) is 18.0. The van der Waals surface area contributed by atoms with E-state index in [1.165, 1.54) is 22.9 Å². The SMILES string of the molecule is CCC(C)C(NC(=O)c1ccc(Cl)cc1)C(=O)Nc1cc(-n2nnnc2C)ccc1F. The van der Waals surface area contributed by atoms with Gasteiger partial charge in [0.2, 0.25) is 5.91 Å². The number of carbonyl (C=O) groups is 2. The first-order valence-electron chi connectivity index (χ1n) is 9.72. The molecule has 0 fully saturated rings. The van der Waals surface area contributed by atoms with Gasteiger partial charge in [0.15, 0.2) is 5.82 Å². The maximum absolute atomic E-state index is 14.4. The molecule has 0 saturated carbocycles. The van der Waals surface area contributed by atoms with Gasteiger partial charge in [0, 0.05) is 10.6 Å². The van der Waals surface area contributed by atoms with Crippen LogP contribution in [0.5, 0.6) is 0 Å². The average Bonchev–Trinajstić information content (AvgIpc) is 3.19. The van der Waals surface area contributed by atoms with Crippen LogP contribution in [0.15, 0.2) is 42.5 Å². The van der Waals surface area contributed by atoms with Gasteiger partial charge in [0.25, 0.3) is 5.91 Å². The highest BCUT2D eigenvalue weighted by molar-refractivity contribution is 6.30. The monoisotopic (exact) mass is 444 g/mol. The summed E-state index contributed by atoms with van der Waals surface area (Å²) in [6.45, 7) is 5.44. The number of tetrazole rings is 1. The van der Waals surface area contributed by atoms with Crippen LogP contribution >= 0.6 is 11.6 Å². The molecule has 3 rings (SSSR count). The molecule has 0 aliphatic heterocycles. The summed E-state index contributed by atoms with van der Waals surface area (Å²) in [7, 11) is 0. The number of nitrogens with one attached hydrogen (secondary N) is 2. The Morgan fingerprint density at radius 1 is 1.19 bits per heavy atom. The Kier molecular flexibility index (Phi) is 6.96. The minimum atomic E-state index is -0.869. The third-order valence-electron chi connectivity index (χ3n) is 4.97. The predicted molar refractivity (Wildman–Crippen MR) is 115 cm³/mol. The van der Waals surface area contributed by atoms with E-state index in [2.05, 4.69) is 26.2 Å². The fourth-order valence-corrected chi connectivity index (χ4v) is 3.08. The van der Waals surface area contributed by atoms with Crippen molar-refractivity contribution in [2.24, 2.45) is 5.92 Å². The van der Waals surface area contributed by atoms with Gasteiger partial charge in [0.1, 0.15) is 11.9 Å². The fourth-order valence-electron chi connectivity index (χ4n) is 2.95. The lowest BCUT2D eigenvalue weighted by molar-refractivity contribution is -0.119. The van der Waals surface area contributed by atoms with Crippen LogP contribution in [0, 0.1) is 18.7 Å². The Morgan fingerprint density at radius 2 is 1.90 bits per heavy atom. The Morgan fingerprint density at radius 3 is 2.52 bits per heavy atom. The molecular weight excluding hydrogens is 423 g/mol. The average molecular weight is 445 g/mol. The highest BCUT2D eigenvalue weighted by Crippen LogP contribution is 2.21. The van der Waals surface area contributed by atoms with Gasteiger partial charge in [-0.2, -0.15) is 4.68 Å². The van der Waals surface area contributed by atoms with Gasteiger partial charge < -0.3 is 10.6 Å². The van der Waals surface area contributed by atoms with Gasteiger partial charge >= 0.3 is 0 Å². The summed E-state index contributed by atoms with van der Waals surface area (Å²) in [5, 5.41) is 17.0. The number of halogens is 2. The molecule has 1 aromatic heterocycles. The summed E-state index contributed by atoms with van der Waals surface area (Å²) in [4.78, 5) is 25.6. The zero-order chi connectivity index (χ0) is 22.5. The third kappa shape index (κ3) is 5.24. The molecule has 0 saturated heterocycles. The molecule has 162 valence electrons. The molecule has 2 unspecified atom stereocenters. The minimum absolute atomic E-state index is 0.0357. The molecule has 2 aromatic carbocycles. The van der Waals surface area contributed by atoms with Crippen LogP contribution in [-0.4, -0.2) is 38.1 Å². The topological polar surface area (TPSA) is 102 Å². The minimum Gasteiger partial charge on any atom is -0.340 e. The maximum atomic E-state index is 14.4. The molecule has 0 radical (unpaired) electrons. The van der Waals surface area contributed by atoms with Crippen LogP contribution in [0.2, 0.25) is 5.02 Å². The number of rotatable bonds is 7. The third-order valence-corrected chi connectivity index (χ3v) is 5.22. The molecule has 2 N–H and O–H groups in total. The molecule has 0 spiro atoms. The Bertz CT molecular complexity index is 1090. The van der Waals surface area contributed by atoms with Crippen molar-refractivity contribution in [3.8, 4) is 5.69 Å². The van der Waals surface area contributed by atoms with Crippen LogP contribution in [0.4, 0.5) is 10.1 Å². The van der Waals surface area contributed by atoms with Gasteiger partial charge in [-0.05, 0) is 65.7 Å². The van der Waals surface area contributed by atoms with Crippen molar-refractivity contribution in [1.82, 2.24) is 25.5 Å². The first kappa shape index (κ1) is 22.4. The number of aryl methyl sites for hydroxylation is 1. The van der Waals surface area contributed by atoms with E-state index < -0.39 is 23.7 Å². The van der Waals surface area contributed by atoms with Crippen molar-refractivity contribution >= 4 is 29.1 Å².